The van der Waals surface area contributed by atoms with Gasteiger partial charge in [0.05, 0.1) is 11.2 Å². The highest BCUT2D eigenvalue weighted by molar-refractivity contribution is 7.09. The molecular formula is C23H29N5O3S. The maximum Gasteiger partial charge on any atom is 0.325 e. The molecule has 2 fully saturated rings. The van der Waals surface area contributed by atoms with E-state index in [9.17, 15) is 14.4 Å². The fourth-order valence-corrected chi connectivity index (χ4v) is 5.60. The molecule has 0 aromatic carbocycles. The summed E-state index contributed by atoms with van der Waals surface area (Å²) in [5.74, 6) is -0.230. The van der Waals surface area contributed by atoms with E-state index in [1.165, 1.54) is 4.90 Å². The summed E-state index contributed by atoms with van der Waals surface area (Å²) in [5.41, 5.74) is 3.10. The van der Waals surface area contributed by atoms with Gasteiger partial charge in [-0.25, -0.2) is 14.8 Å². The fourth-order valence-electron chi connectivity index (χ4n) is 4.83. The summed E-state index contributed by atoms with van der Waals surface area (Å²) in [6, 6.07) is 5.12. The molecule has 32 heavy (non-hydrogen) atoms. The van der Waals surface area contributed by atoms with Gasteiger partial charge in [-0.05, 0) is 51.2 Å². The number of nitrogens with zero attached hydrogens (tertiary/aromatic N) is 4. The van der Waals surface area contributed by atoms with Crippen molar-refractivity contribution in [3.63, 3.8) is 0 Å². The summed E-state index contributed by atoms with van der Waals surface area (Å²) in [6.45, 7) is 7.20. The van der Waals surface area contributed by atoms with Gasteiger partial charge in [-0.1, -0.05) is 13.0 Å². The van der Waals surface area contributed by atoms with Crippen molar-refractivity contribution in [1.82, 2.24) is 25.1 Å². The quantitative estimate of drug-likeness (QED) is 0.676. The third kappa shape index (κ3) is 4.01. The molecule has 8 nitrogen and oxygen atoms in total. The zero-order valence-electron chi connectivity index (χ0n) is 18.8. The summed E-state index contributed by atoms with van der Waals surface area (Å²) in [7, 11) is 0. The van der Waals surface area contributed by atoms with Gasteiger partial charge in [0.15, 0.2) is 0 Å². The molecule has 0 unspecified atom stereocenters. The Morgan fingerprint density at radius 2 is 2.00 bits per heavy atom. The topological polar surface area (TPSA) is 95.5 Å². The van der Waals surface area contributed by atoms with Crippen LogP contribution >= 0.6 is 11.3 Å². The van der Waals surface area contributed by atoms with Gasteiger partial charge in [0, 0.05) is 36.6 Å². The molecule has 2 aliphatic heterocycles. The maximum atomic E-state index is 13.4. The van der Waals surface area contributed by atoms with Gasteiger partial charge in [0.1, 0.15) is 11.2 Å². The third-order valence-electron chi connectivity index (χ3n) is 6.75. The predicted molar refractivity (Wildman–Crippen MR) is 121 cm³/mol. The Morgan fingerprint density at radius 1 is 1.25 bits per heavy atom. The molecule has 1 N–H and O–H groups in total. The number of piperidine rings is 1. The van der Waals surface area contributed by atoms with Crippen LogP contribution < -0.4 is 5.32 Å². The van der Waals surface area contributed by atoms with Crippen LogP contribution in [-0.4, -0.2) is 62.8 Å². The molecule has 9 heteroatoms. The number of hydrogen-bond donors (Lipinski definition) is 1. The number of aryl methyl sites for hydroxylation is 2. The first-order valence-electron chi connectivity index (χ1n) is 11.1. The highest BCUT2D eigenvalue weighted by atomic mass is 32.1. The smallest absolute Gasteiger partial charge is 0.325 e. The number of imide groups is 1. The Morgan fingerprint density at radius 3 is 2.62 bits per heavy atom. The fraction of sp³-hybridized carbons (Fsp3) is 0.522. The predicted octanol–water partition coefficient (Wildman–Crippen LogP) is 2.95. The summed E-state index contributed by atoms with van der Waals surface area (Å²) in [6.07, 6.45) is 2.48. The lowest BCUT2D eigenvalue weighted by molar-refractivity contribution is -0.134. The van der Waals surface area contributed by atoms with Crippen LogP contribution in [-0.2, 0) is 11.2 Å². The molecule has 0 aliphatic carbocycles. The number of pyridine rings is 1. The number of aromatic nitrogens is 2. The average Bonchev–Trinajstić information content (AvgIpc) is 3.32. The number of thiazole rings is 1. The van der Waals surface area contributed by atoms with Gasteiger partial charge in [0.2, 0.25) is 0 Å². The van der Waals surface area contributed by atoms with Crippen LogP contribution in [0.1, 0.15) is 52.9 Å². The molecule has 0 spiro atoms. The van der Waals surface area contributed by atoms with Crippen molar-refractivity contribution in [3.8, 4) is 0 Å². The van der Waals surface area contributed by atoms with Crippen molar-refractivity contribution in [1.29, 1.82) is 0 Å². The second kappa shape index (κ2) is 8.97. The van der Waals surface area contributed by atoms with E-state index in [2.05, 4.69) is 15.3 Å². The lowest BCUT2D eigenvalue weighted by Crippen LogP contribution is -2.56. The van der Waals surface area contributed by atoms with Crippen molar-refractivity contribution >= 4 is 29.2 Å². The minimum atomic E-state index is -0.892. The number of hydrogen-bond acceptors (Lipinski definition) is 6. The van der Waals surface area contributed by atoms with Crippen LogP contribution in [0.3, 0.4) is 0 Å². The van der Waals surface area contributed by atoms with E-state index < -0.39 is 5.54 Å². The van der Waals surface area contributed by atoms with Crippen molar-refractivity contribution in [2.75, 3.05) is 19.6 Å². The van der Waals surface area contributed by atoms with Gasteiger partial charge in [-0.2, -0.15) is 0 Å². The monoisotopic (exact) mass is 455 g/mol. The van der Waals surface area contributed by atoms with E-state index >= 15 is 0 Å². The van der Waals surface area contributed by atoms with Gasteiger partial charge in [-0.3, -0.25) is 14.5 Å². The number of rotatable bonds is 6. The lowest BCUT2D eigenvalue weighted by Gasteiger charge is -2.40. The molecule has 2 aromatic heterocycles. The summed E-state index contributed by atoms with van der Waals surface area (Å²) in [4.78, 5) is 51.8. The minimum absolute atomic E-state index is 0.00592. The SMILES string of the molecule is CC[C@@]1(C2CCN(C(=O)c3cccc(C)n3)CC2)NC(=O)N(CCc2scnc2C)C1=O. The van der Waals surface area contributed by atoms with E-state index in [1.807, 2.05) is 32.9 Å². The van der Waals surface area contributed by atoms with Gasteiger partial charge in [-0.15, -0.1) is 11.3 Å². The standard InChI is InChI=1S/C23H29N5O3S/c1-4-23(21(30)28(22(31)26-23)13-10-19-16(3)24-14-32-19)17-8-11-27(12-9-17)20(29)18-7-5-6-15(2)25-18/h5-7,14,17H,4,8-13H2,1-3H3,(H,26,31)/t23-/m0/s1. The van der Waals surface area contributed by atoms with Crippen LogP contribution in [0.5, 0.6) is 0 Å². The zero-order chi connectivity index (χ0) is 22.9. The Balaban J connectivity index is 1.42. The number of urea groups is 1. The normalized spacial score (nSPS) is 21.8. The molecule has 2 saturated heterocycles. The van der Waals surface area contributed by atoms with Gasteiger partial charge >= 0.3 is 6.03 Å². The first-order valence-corrected chi connectivity index (χ1v) is 12.0. The van der Waals surface area contributed by atoms with E-state index in [-0.39, 0.29) is 23.8 Å². The number of nitrogens with one attached hydrogen (secondary N) is 1. The molecule has 1 atom stereocenters. The molecule has 4 heterocycles. The van der Waals surface area contributed by atoms with Crippen LogP contribution in [0.2, 0.25) is 0 Å². The van der Waals surface area contributed by atoms with Crippen molar-refractivity contribution < 1.29 is 14.4 Å². The van der Waals surface area contributed by atoms with E-state index in [1.54, 1.807) is 27.8 Å². The number of likely N-dealkylation sites (tertiary alicyclic amines) is 1. The molecule has 4 rings (SSSR count). The Hall–Kier alpha value is -2.81. The summed E-state index contributed by atoms with van der Waals surface area (Å²) < 4.78 is 0. The van der Waals surface area contributed by atoms with E-state index in [0.29, 0.717) is 51.0 Å². The first kappa shape index (κ1) is 22.4. The van der Waals surface area contributed by atoms with E-state index in [4.69, 9.17) is 0 Å². The maximum absolute atomic E-state index is 13.4. The largest absolute Gasteiger partial charge is 0.337 e. The van der Waals surface area contributed by atoms with Crippen molar-refractivity contribution in [2.45, 2.75) is 52.0 Å². The molecule has 2 aliphatic rings. The Bertz CT molecular complexity index is 1030. The van der Waals surface area contributed by atoms with Crippen LogP contribution in [0.15, 0.2) is 23.7 Å². The van der Waals surface area contributed by atoms with Crippen LogP contribution in [0, 0.1) is 19.8 Å². The number of carbonyl (C=O) groups is 3. The molecule has 2 aromatic rings. The van der Waals surface area contributed by atoms with E-state index in [0.717, 1.165) is 16.3 Å². The number of carbonyl (C=O) groups excluding carboxylic acids is 3. The van der Waals surface area contributed by atoms with Crippen molar-refractivity contribution in [3.05, 3.63) is 45.7 Å². The second-order valence-electron chi connectivity index (χ2n) is 8.55. The van der Waals surface area contributed by atoms with Crippen molar-refractivity contribution in [2.24, 2.45) is 5.92 Å². The zero-order valence-corrected chi connectivity index (χ0v) is 19.6. The highest BCUT2D eigenvalue weighted by Crippen LogP contribution is 2.36. The Kier molecular flexibility index (Phi) is 6.28. The molecule has 4 amide bonds. The average molecular weight is 456 g/mol. The molecule has 0 saturated carbocycles. The second-order valence-corrected chi connectivity index (χ2v) is 9.49. The lowest BCUT2D eigenvalue weighted by atomic mass is 9.75. The molecule has 0 bridgehead atoms. The molecular weight excluding hydrogens is 426 g/mol. The highest BCUT2D eigenvalue weighted by Gasteiger charge is 2.54. The number of amides is 4. The summed E-state index contributed by atoms with van der Waals surface area (Å²) >= 11 is 1.55. The first-order chi connectivity index (χ1) is 15.4. The van der Waals surface area contributed by atoms with Gasteiger partial charge in [0.25, 0.3) is 11.8 Å². The minimum Gasteiger partial charge on any atom is -0.337 e. The third-order valence-corrected chi connectivity index (χ3v) is 7.75. The van der Waals surface area contributed by atoms with Crippen LogP contribution in [0.25, 0.3) is 0 Å². The Labute approximate surface area is 192 Å². The van der Waals surface area contributed by atoms with Gasteiger partial charge < -0.3 is 10.2 Å². The van der Waals surface area contributed by atoms with Crippen LogP contribution in [0.4, 0.5) is 4.79 Å². The molecule has 170 valence electrons. The molecule has 0 radical (unpaired) electrons. The summed E-state index contributed by atoms with van der Waals surface area (Å²) in [5, 5.41) is 3.02.